The van der Waals surface area contributed by atoms with Crippen LogP contribution in [0.2, 0.25) is 0 Å². The number of carbonyl (C=O) groups is 4. The van der Waals surface area contributed by atoms with E-state index in [-0.39, 0.29) is 25.7 Å². The molecule has 2 unspecified atom stereocenters. The minimum absolute atomic E-state index is 0.107. The lowest BCUT2D eigenvalue weighted by Crippen LogP contribution is -2.30. The van der Waals surface area contributed by atoms with Crippen LogP contribution in [0.25, 0.3) is 0 Å². The first-order valence-corrected chi connectivity index (χ1v) is 43.0. The number of rotatable bonds is 76. The van der Waals surface area contributed by atoms with E-state index in [0.29, 0.717) is 25.7 Å². The van der Waals surface area contributed by atoms with E-state index in [9.17, 15) is 43.2 Å². The van der Waals surface area contributed by atoms with Crippen molar-refractivity contribution in [2.75, 3.05) is 39.6 Å². The van der Waals surface area contributed by atoms with Gasteiger partial charge < -0.3 is 33.8 Å². The number of aliphatic hydroxyl groups excluding tert-OH is 1. The number of unbranched alkanes of at least 4 members (excludes halogenated alkanes) is 46. The van der Waals surface area contributed by atoms with Crippen molar-refractivity contribution in [3.05, 3.63) is 0 Å². The second kappa shape index (κ2) is 68.8. The predicted molar refractivity (Wildman–Crippen MR) is 391 cm³/mol. The Labute approximate surface area is 588 Å². The molecule has 0 radical (unpaired) electrons. The van der Waals surface area contributed by atoms with Gasteiger partial charge in [-0.3, -0.25) is 37.3 Å². The Kier molecular flexibility index (Phi) is 67.4. The highest BCUT2D eigenvalue weighted by molar-refractivity contribution is 7.47. The van der Waals surface area contributed by atoms with Crippen LogP contribution in [0.1, 0.15) is 401 Å². The van der Waals surface area contributed by atoms with Crippen LogP contribution < -0.4 is 0 Å². The first-order chi connectivity index (χ1) is 46.4. The van der Waals surface area contributed by atoms with Crippen LogP contribution in [-0.4, -0.2) is 96.7 Å². The molecule has 0 aromatic rings. The van der Waals surface area contributed by atoms with Gasteiger partial charge in [0.1, 0.15) is 19.3 Å². The Morgan fingerprint density at radius 2 is 0.479 bits per heavy atom. The van der Waals surface area contributed by atoms with Crippen molar-refractivity contribution >= 4 is 39.5 Å². The van der Waals surface area contributed by atoms with Gasteiger partial charge in [-0.25, -0.2) is 9.13 Å². The predicted octanol–water partition coefficient (Wildman–Crippen LogP) is 22.7. The van der Waals surface area contributed by atoms with Crippen LogP contribution in [0.15, 0.2) is 0 Å². The summed E-state index contributed by atoms with van der Waals surface area (Å²) in [5.74, 6) is -0.564. The molecule has 0 heterocycles. The summed E-state index contributed by atoms with van der Waals surface area (Å²) in [6, 6.07) is 0. The highest BCUT2D eigenvalue weighted by atomic mass is 31.2. The molecule has 96 heavy (non-hydrogen) atoms. The Morgan fingerprint density at radius 3 is 0.708 bits per heavy atom. The van der Waals surface area contributed by atoms with Gasteiger partial charge in [0.25, 0.3) is 0 Å². The number of ether oxygens (including phenoxy) is 4. The highest BCUT2D eigenvalue weighted by Gasteiger charge is 2.30. The summed E-state index contributed by atoms with van der Waals surface area (Å²) < 4.78 is 68.6. The summed E-state index contributed by atoms with van der Waals surface area (Å²) in [5.41, 5.74) is 0. The fourth-order valence-electron chi connectivity index (χ4n) is 11.8. The van der Waals surface area contributed by atoms with Crippen LogP contribution in [-0.2, 0) is 65.4 Å². The number of hydrogen-bond acceptors (Lipinski definition) is 15. The lowest BCUT2D eigenvalue weighted by Gasteiger charge is -2.21. The van der Waals surface area contributed by atoms with E-state index >= 15 is 0 Å². The molecule has 5 atom stereocenters. The smallest absolute Gasteiger partial charge is 0.462 e. The molecule has 0 saturated carbocycles. The molecule has 0 amide bonds. The second-order valence-corrected chi connectivity index (χ2v) is 31.6. The minimum Gasteiger partial charge on any atom is -0.462 e. The zero-order valence-electron chi connectivity index (χ0n) is 62.7. The number of aliphatic hydroxyl groups is 1. The molecule has 17 nitrogen and oxygen atoms in total. The highest BCUT2D eigenvalue weighted by Crippen LogP contribution is 2.45. The summed E-state index contributed by atoms with van der Waals surface area (Å²) in [6.45, 7) is 9.62. The van der Waals surface area contributed by atoms with E-state index in [2.05, 4.69) is 41.5 Å². The molecule has 0 bridgehead atoms. The van der Waals surface area contributed by atoms with Crippen molar-refractivity contribution in [3.8, 4) is 0 Å². The van der Waals surface area contributed by atoms with Gasteiger partial charge >= 0.3 is 39.5 Å². The Morgan fingerprint density at radius 1 is 0.281 bits per heavy atom. The van der Waals surface area contributed by atoms with E-state index in [1.807, 2.05) is 0 Å². The summed E-state index contributed by atoms with van der Waals surface area (Å²) in [4.78, 5) is 72.9. The van der Waals surface area contributed by atoms with Crippen molar-refractivity contribution in [1.29, 1.82) is 0 Å². The van der Waals surface area contributed by atoms with Crippen LogP contribution in [0.5, 0.6) is 0 Å². The van der Waals surface area contributed by atoms with E-state index < -0.39 is 97.5 Å². The van der Waals surface area contributed by atoms with E-state index in [0.717, 1.165) is 102 Å². The zero-order chi connectivity index (χ0) is 70.7. The van der Waals surface area contributed by atoms with Crippen molar-refractivity contribution in [3.63, 3.8) is 0 Å². The zero-order valence-corrected chi connectivity index (χ0v) is 64.5. The molecular formula is C77H150O17P2. The van der Waals surface area contributed by atoms with Gasteiger partial charge in [-0.05, 0) is 37.5 Å². The topological polar surface area (TPSA) is 237 Å². The van der Waals surface area contributed by atoms with Crippen LogP contribution in [0, 0.1) is 11.8 Å². The van der Waals surface area contributed by atoms with E-state index in [4.69, 9.17) is 37.0 Å². The van der Waals surface area contributed by atoms with Gasteiger partial charge in [0.2, 0.25) is 0 Å². The summed E-state index contributed by atoms with van der Waals surface area (Å²) in [6.07, 6.45) is 56.7. The van der Waals surface area contributed by atoms with Crippen LogP contribution in [0.4, 0.5) is 0 Å². The lowest BCUT2D eigenvalue weighted by atomic mass is 10.0. The minimum atomic E-state index is -4.96. The van der Waals surface area contributed by atoms with Crippen LogP contribution in [0.3, 0.4) is 0 Å². The maximum atomic E-state index is 13.1. The third-order valence-corrected chi connectivity index (χ3v) is 19.9. The third-order valence-electron chi connectivity index (χ3n) is 18.0. The normalized spacial score (nSPS) is 14.0. The quantitative estimate of drug-likeness (QED) is 0.0222. The van der Waals surface area contributed by atoms with Crippen molar-refractivity contribution in [2.24, 2.45) is 11.8 Å². The molecule has 3 N–H and O–H groups in total. The maximum Gasteiger partial charge on any atom is 0.472 e. The molecule has 0 aliphatic rings. The van der Waals surface area contributed by atoms with Gasteiger partial charge in [0.15, 0.2) is 12.2 Å². The van der Waals surface area contributed by atoms with Crippen molar-refractivity contribution in [1.82, 2.24) is 0 Å². The molecule has 0 spiro atoms. The fraction of sp³-hybridized carbons (Fsp3) is 0.948. The molecule has 0 fully saturated rings. The number of phosphoric ester groups is 2. The SMILES string of the molecule is CCCCCCCCCCCCCCCCCCC(=O)O[C@H](COC(=O)CCCCCCCCCCCCCCC(C)C)COP(=O)(O)OC[C@@H](O)COP(=O)(O)OC[C@@H](COC(=O)CCCCCCCCCCCCC)OC(=O)CCCCCCCCCCCCCC(C)C. The second-order valence-electron chi connectivity index (χ2n) is 28.7. The average Bonchev–Trinajstić information content (AvgIpc) is 1.68. The number of hydrogen-bond donors (Lipinski definition) is 3. The molecular weight excluding hydrogens is 1260 g/mol. The lowest BCUT2D eigenvalue weighted by molar-refractivity contribution is -0.161. The first kappa shape index (κ1) is 94.1. The first-order valence-electron chi connectivity index (χ1n) is 40.0. The summed E-state index contributed by atoms with van der Waals surface area (Å²) >= 11 is 0. The largest absolute Gasteiger partial charge is 0.472 e. The van der Waals surface area contributed by atoms with Gasteiger partial charge in [-0.1, -0.05) is 350 Å². The molecule has 0 aromatic heterocycles. The number of carbonyl (C=O) groups excluding carboxylic acids is 4. The fourth-order valence-corrected chi connectivity index (χ4v) is 13.4. The van der Waals surface area contributed by atoms with Gasteiger partial charge in [-0.2, -0.15) is 0 Å². The molecule has 0 aromatic carbocycles. The Balaban J connectivity index is 5.26. The van der Waals surface area contributed by atoms with Gasteiger partial charge in [0, 0.05) is 25.7 Å². The molecule has 0 aliphatic heterocycles. The van der Waals surface area contributed by atoms with E-state index in [1.54, 1.807) is 0 Å². The van der Waals surface area contributed by atoms with E-state index in [1.165, 1.54) is 218 Å². The molecule has 0 aliphatic carbocycles. The molecule has 0 saturated heterocycles. The van der Waals surface area contributed by atoms with Crippen LogP contribution >= 0.6 is 15.6 Å². The molecule has 0 rings (SSSR count). The van der Waals surface area contributed by atoms with Gasteiger partial charge in [0.05, 0.1) is 26.4 Å². The number of phosphoric acid groups is 2. The average molecular weight is 1410 g/mol. The Hall–Kier alpha value is -1.94. The Bertz CT molecular complexity index is 1860. The molecule has 570 valence electrons. The standard InChI is InChI=1S/C77H150O17P2/c1-7-9-11-13-15-17-19-20-21-22-23-31-37-43-49-55-61-76(81)93-73(66-88-75(80)60-54-48-42-36-30-25-24-28-33-39-45-51-57-69(3)4)68-92-96(85,86)90-64-71(78)63-89-95(83,84)91-67-72(65-87-74(79)59-53-47-41-35-27-18-16-14-12-10-8-2)94-77(82)62-56-50-44-38-32-26-29-34-40-46-52-58-70(5)6/h69-73,78H,7-68H2,1-6H3,(H,83,84)(H,85,86)/t71-,72+,73+/m0/s1. The van der Waals surface area contributed by atoms with Crippen molar-refractivity contribution in [2.45, 2.75) is 419 Å². The number of esters is 4. The van der Waals surface area contributed by atoms with Crippen molar-refractivity contribution < 1.29 is 80.2 Å². The third kappa shape index (κ3) is 70.5. The summed E-state index contributed by atoms with van der Waals surface area (Å²) in [5, 5.41) is 10.6. The van der Waals surface area contributed by atoms with Gasteiger partial charge in [-0.15, -0.1) is 0 Å². The maximum absolute atomic E-state index is 13.1. The summed E-state index contributed by atoms with van der Waals surface area (Å²) in [7, 11) is -9.91. The monoisotopic (exact) mass is 1410 g/mol. The molecule has 19 heteroatoms.